The van der Waals surface area contributed by atoms with Crippen LogP contribution in [0, 0.1) is 0 Å². The molecule has 4 heterocycles. The summed E-state index contributed by atoms with van der Waals surface area (Å²) >= 11 is 2.32. The zero-order chi connectivity index (χ0) is 44.1. The zero-order valence-corrected chi connectivity index (χ0v) is 37.3. The van der Waals surface area contributed by atoms with Crippen LogP contribution in [-0.2, 0) is 58.5 Å². The van der Waals surface area contributed by atoms with Gasteiger partial charge < -0.3 is 24.6 Å². The van der Waals surface area contributed by atoms with Crippen molar-refractivity contribution in [3.8, 4) is 0 Å². The van der Waals surface area contributed by atoms with Gasteiger partial charge in [0.15, 0.2) is 5.13 Å². The van der Waals surface area contributed by atoms with E-state index in [-0.39, 0.29) is 44.7 Å². The molecule has 3 N–H and O–H groups in total. The Morgan fingerprint density at radius 2 is 1.17 bits per heavy atom. The molecule has 0 radical (unpaired) electrons. The number of thiazole rings is 2. The lowest BCUT2D eigenvalue weighted by atomic mass is 10.2. The van der Waals surface area contributed by atoms with Crippen LogP contribution in [0.15, 0.2) is 136 Å². The Hall–Kier alpha value is -5.90. The first-order valence-electron chi connectivity index (χ1n) is 20.0. The summed E-state index contributed by atoms with van der Waals surface area (Å²) in [6, 6.07) is 33.6. The Morgan fingerprint density at radius 1 is 0.651 bits per heavy atom. The maximum atomic E-state index is 13.4. The second kappa shape index (κ2) is 21.5. The van der Waals surface area contributed by atoms with E-state index in [1.807, 2.05) is 48.5 Å². The molecular weight excluding hydrogens is 885 g/mol. The molecule has 2 aliphatic rings. The summed E-state index contributed by atoms with van der Waals surface area (Å²) < 4.78 is 66.9. The van der Waals surface area contributed by atoms with Gasteiger partial charge in [-0.05, 0) is 42.0 Å². The molecule has 0 bridgehead atoms. The van der Waals surface area contributed by atoms with Crippen molar-refractivity contribution in [2.75, 3.05) is 72.5 Å². The SMILES string of the molecule is O=C(Cc1csc(N(Nc2ccccc2)S(=O)(=O)c2ccccc2)n1)N1CCOCC1.O=C(Cc1csc(NS(=O)(=O)c2ccccc2NCc2ccccc2)n1)N1CCOCC1. The molecule has 2 aliphatic heterocycles. The molecule has 2 fully saturated rings. The quantitative estimate of drug-likeness (QED) is 0.106. The molecule has 0 saturated carbocycles. The number of amides is 2. The summed E-state index contributed by atoms with van der Waals surface area (Å²) in [7, 11) is -7.79. The van der Waals surface area contributed by atoms with Gasteiger partial charge in [-0.3, -0.25) is 19.7 Å². The second-order valence-corrected chi connectivity index (χ2v) is 19.2. The molecule has 0 aliphatic carbocycles. The van der Waals surface area contributed by atoms with Crippen molar-refractivity contribution >= 4 is 76.2 Å². The highest BCUT2D eigenvalue weighted by Crippen LogP contribution is 2.29. The molecule has 16 nitrogen and oxygen atoms in total. The normalized spacial score (nSPS) is 14.2. The van der Waals surface area contributed by atoms with Crippen molar-refractivity contribution in [3.05, 3.63) is 143 Å². The van der Waals surface area contributed by atoms with E-state index in [2.05, 4.69) is 25.4 Å². The summed E-state index contributed by atoms with van der Waals surface area (Å²) in [5.74, 6) is -0.0860. The summed E-state index contributed by atoms with van der Waals surface area (Å²) in [5.41, 5.74) is 6.16. The minimum atomic E-state index is -3.93. The third-order valence-corrected chi connectivity index (χ3v) is 14.6. The van der Waals surface area contributed by atoms with Crippen molar-refractivity contribution in [2.45, 2.75) is 29.2 Å². The topological polar surface area (TPSA) is 192 Å². The van der Waals surface area contributed by atoms with E-state index in [1.54, 1.807) is 75.2 Å². The number of para-hydroxylation sites is 2. The number of nitrogens with zero attached hydrogens (tertiary/aromatic N) is 5. The molecule has 2 amide bonds. The fourth-order valence-electron chi connectivity index (χ4n) is 6.41. The monoisotopic (exact) mass is 930 g/mol. The predicted octanol–water partition coefficient (Wildman–Crippen LogP) is 5.72. The summed E-state index contributed by atoms with van der Waals surface area (Å²) in [4.78, 5) is 37.5. The molecule has 0 atom stereocenters. The van der Waals surface area contributed by atoms with Gasteiger partial charge in [0.25, 0.3) is 20.0 Å². The fourth-order valence-corrected chi connectivity index (χ4v) is 10.9. The third kappa shape index (κ3) is 12.4. The molecule has 2 aromatic heterocycles. The largest absolute Gasteiger partial charge is 0.380 e. The van der Waals surface area contributed by atoms with Crippen LogP contribution in [0.3, 0.4) is 0 Å². The highest BCUT2D eigenvalue weighted by atomic mass is 32.2. The van der Waals surface area contributed by atoms with Crippen LogP contribution in [0.4, 0.5) is 21.6 Å². The molecule has 20 heteroatoms. The van der Waals surface area contributed by atoms with Crippen molar-refractivity contribution in [1.82, 2.24) is 19.8 Å². The van der Waals surface area contributed by atoms with Gasteiger partial charge in [-0.2, -0.15) is 8.42 Å². The molecule has 4 aromatic carbocycles. The maximum Gasteiger partial charge on any atom is 0.283 e. The lowest BCUT2D eigenvalue weighted by Gasteiger charge is -2.26. The van der Waals surface area contributed by atoms with E-state index in [0.717, 1.165) is 32.7 Å². The smallest absolute Gasteiger partial charge is 0.283 e. The van der Waals surface area contributed by atoms with Crippen molar-refractivity contribution < 1.29 is 35.9 Å². The van der Waals surface area contributed by atoms with Crippen LogP contribution in [0.1, 0.15) is 17.0 Å². The lowest BCUT2D eigenvalue weighted by Crippen LogP contribution is -2.41. The first-order valence-corrected chi connectivity index (χ1v) is 24.6. The molecule has 0 spiro atoms. The van der Waals surface area contributed by atoms with Gasteiger partial charge in [0, 0.05) is 43.5 Å². The number of hydrazine groups is 1. The molecular formula is C43H46N8O8S4. The number of nitrogens with one attached hydrogen (secondary N) is 3. The van der Waals surface area contributed by atoms with E-state index in [0.29, 0.717) is 81.9 Å². The third-order valence-electron chi connectivity index (χ3n) is 9.67. The number of aromatic nitrogens is 2. The Bertz CT molecular complexity index is 2640. The van der Waals surface area contributed by atoms with E-state index in [1.165, 1.54) is 12.1 Å². The minimum absolute atomic E-state index is 0.0385. The second-order valence-electron chi connectivity index (χ2n) is 14.1. The van der Waals surface area contributed by atoms with Crippen LogP contribution >= 0.6 is 22.7 Å². The average Bonchev–Trinajstić information content (AvgIpc) is 3.97. The number of morpholine rings is 2. The zero-order valence-electron chi connectivity index (χ0n) is 34.0. The van der Waals surface area contributed by atoms with Gasteiger partial charge in [-0.1, -0.05) is 78.9 Å². The van der Waals surface area contributed by atoms with Gasteiger partial charge >= 0.3 is 0 Å². The van der Waals surface area contributed by atoms with Crippen LogP contribution in [0.25, 0.3) is 0 Å². The van der Waals surface area contributed by atoms with Crippen molar-refractivity contribution in [2.24, 2.45) is 0 Å². The number of rotatable bonds is 15. The van der Waals surface area contributed by atoms with Crippen LogP contribution in [-0.4, -0.2) is 101 Å². The number of anilines is 4. The Balaban J connectivity index is 0.000000189. The molecule has 63 heavy (non-hydrogen) atoms. The van der Waals surface area contributed by atoms with Crippen LogP contribution in [0.2, 0.25) is 0 Å². The summed E-state index contributed by atoms with van der Waals surface area (Å²) in [5, 5.41) is 7.08. The first-order chi connectivity index (χ1) is 30.5. The Kier molecular flexibility index (Phi) is 15.4. The van der Waals surface area contributed by atoms with Gasteiger partial charge in [0.05, 0.1) is 66.9 Å². The van der Waals surface area contributed by atoms with Crippen molar-refractivity contribution in [3.63, 3.8) is 0 Å². The number of hydrogen-bond acceptors (Lipinski definition) is 14. The number of hydrogen-bond donors (Lipinski definition) is 3. The van der Waals surface area contributed by atoms with Crippen LogP contribution in [0.5, 0.6) is 0 Å². The molecule has 0 unspecified atom stereocenters. The standard InChI is InChI=1S/C22H24N4O4S2.C21H22N4O4S2/c27-21(26-10-12-30-13-11-26)14-18-16-31-22(24-18)25-32(28,29)20-9-5-4-8-19(20)23-15-17-6-2-1-3-7-17;26-20(24-11-13-29-14-12-24)15-18-16-30-21(22-18)25(23-17-7-3-1-4-8-17)31(27,28)19-9-5-2-6-10-19/h1-9,16,23H,10-15H2,(H,24,25);1-10,16,23H,11-15H2. The fraction of sp³-hybridized carbons (Fsp3) is 0.256. The predicted molar refractivity (Wildman–Crippen MR) is 244 cm³/mol. The highest BCUT2D eigenvalue weighted by molar-refractivity contribution is 7.93. The number of carbonyl (C=O) groups excluding carboxylic acids is 2. The number of carbonyl (C=O) groups is 2. The van der Waals surface area contributed by atoms with Gasteiger partial charge in [-0.25, -0.2) is 18.4 Å². The number of ether oxygens (including phenoxy) is 2. The molecule has 8 rings (SSSR count). The Labute approximate surface area is 374 Å². The van der Waals surface area contributed by atoms with Crippen molar-refractivity contribution in [1.29, 1.82) is 0 Å². The number of sulfonamides is 2. The highest BCUT2D eigenvalue weighted by Gasteiger charge is 2.29. The molecule has 2 saturated heterocycles. The summed E-state index contributed by atoms with van der Waals surface area (Å²) in [6.45, 7) is 4.86. The van der Waals surface area contributed by atoms with Gasteiger partial charge in [0.1, 0.15) is 4.90 Å². The van der Waals surface area contributed by atoms with Gasteiger partial charge in [0.2, 0.25) is 16.9 Å². The first kappa shape index (κ1) is 45.1. The average molecular weight is 931 g/mol. The maximum absolute atomic E-state index is 13.4. The van der Waals surface area contributed by atoms with Crippen LogP contribution < -0.4 is 19.9 Å². The van der Waals surface area contributed by atoms with E-state index in [9.17, 15) is 26.4 Å². The van der Waals surface area contributed by atoms with E-state index in [4.69, 9.17) is 9.47 Å². The Morgan fingerprint density at radius 3 is 1.79 bits per heavy atom. The van der Waals surface area contributed by atoms with E-state index >= 15 is 0 Å². The molecule has 330 valence electrons. The van der Waals surface area contributed by atoms with Gasteiger partial charge in [-0.15, -0.1) is 27.1 Å². The van der Waals surface area contributed by atoms with E-state index < -0.39 is 20.0 Å². The lowest BCUT2D eigenvalue weighted by molar-refractivity contribution is -0.135. The number of benzene rings is 4. The minimum Gasteiger partial charge on any atom is -0.380 e. The summed E-state index contributed by atoms with van der Waals surface area (Å²) in [6.07, 6.45) is 0.245. The molecule has 6 aromatic rings.